The summed E-state index contributed by atoms with van der Waals surface area (Å²) in [6.07, 6.45) is 0. The van der Waals surface area contributed by atoms with Gasteiger partial charge in [-0.3, -0.25) is 4.99 Å². The summed E-state index contributed by atoms with van der Waals surface area (Å²) in [5, 5.41) is 0. The molecule has 0 saturated heterocycles. The Morgan fingerprint density at radius 1 is 1.00 bits per heavy atom. The topological polar surface area (TPSA) is 38.7 Å². The third-order valence-corrected chi connectivity index (χ3v) is 3.29. The van der Waals surface area contributed by atoms with E-state index in [9.17, 15) is 4.79 Å². The summed E-state index contributed by atoms with van der Waals surface area (Å²) in [7, 11) is 1.39. The molecule has 1 aliphatic rings. The molecule has 0 radical (unpaired) electrons. The zero-order valence-electron chi connectivity index (χ0n) is 10.5. The molecule has 0 amide bonds. The van der Waals surface area contributed by atoms with E-state index in [4.69, 9.17) is 4.74 Å². The number of nitrogens with zero attached hydrogens (tertiary/aromatic N) is 1. The maximum atomic E-state index is 12.1. The summed E-state index contributed by atoms with van der Waals surface area (Å²) >= 11 is 0. The smallest absolute Gasteiger partial charge is 0.344 e. The summed E-state index contributed by atoms with van der Waals surface area (Å²) in [6, 6.07) is 19.2. The maximum Gasteiger partial charge on any atom is 0.344 e. The Morgan fingerprint density at radius 3 is 2.16 bits per heavy atom. The van der Waals surface area contributed by atoms with Gasteiger partial charge in [-0.05, 0) is 11.1 Å². The fraction of sp³-hybridized carbons (Fsp3) is 0.125. The van der Waals surface area contributed by atoms with Crippen LogP contribution >= 0.6 is 0 Å². The summed E-state index contributed by atoms with van der Waals surface area (Å²) < 4.78 is 4.93. The molecule has 3 heteroatoms. The standard InChI is InChI=1S/C16H13NO2/c1-19-15(18)16(13-10-6-3-7-11-13)14(17-16)12-8-4-2-5-9-12/h2-11H,1H3/t16-/m1/s1. The van der Waals surface area contributed by atoms with Gasteiger partial charge in [0.05, 0.1) is 12.8 Å². The molecule has 3 nitrogen and oxygen atoms in total. The van der Waals surface area contributed by atoms with Crippen molar-refractivity contribution in [3.63, 3.8) is 0 Å². The van der Waals surface area contributed by atoms with Crippen LogP contribution in [0, 0.1) is 0 Å². The first-order chi connectivity index (χ1) is 9.29. The highest BCUT2D eigenvalue weighted by Gasteiger charge is 2.57. The Bertz CT molecular complexity index is 634. The van der Waals surface area contributed by atoms with E-state index in [1.807, 2.05) is 60.7 Å². The fourth-order valence-electron chi connectivity index (χ4n) is 2.30. The van der Waals surface area contributed by atoms with Crippen molar-refractivity contribution in [1.29, 1.82) is 0 Å². The van der Waals surface area contributed by atoms with E-state index in [2.05, 4.69) is 4.99 Å². The SMILES string of the molecule is COC(=O)[C@]1(c2ccccc2)N=C1c1ccccc1. The minimum Gasteiger partial charge on any atom is -0.467 e. The third kappa shape index (κ3) is 1.74. The molecule has 1 heterocycles. The van der Waals surface area contributed by atoms with Crippen molar-refractivity contribution in [3.05, 3.63) is 71.8 Å². The van der Waals surface area contributed by atoms with Crippen molar-refractivity contribution in [2.24, 2.45) is 4.99 Å². The molecule has 2 aromatic rings. The van der Waals surface area contributed by atoms with Gasteiger partial charge in [-0.15, -0.1) is 0 Å². The van der Waals surface area contributed by atoms with E-state index < -0.39 is 5.54 Å². The van der Waals surface area contributed by atoms with Crippen LogP contribution in [0.25, 0.3) is 0 Å². The second-order valence-corrected chi connectivity index (χ2v) is 4.39. The molecule has 19 heavy (non-hydrogen) atoms. The number of carbonyl (C=O) groups is 1. The molecule has 0 bridgehead atoms. The number of aliphatic imine (C=N–C) groups is 1. The Morgan fingerprint density at radius 2 is 1.58 bits per heavy atom. The van der Waals surface area contributed by atoms with Crippen LogP contribution in [0.3, 0.4) is 0 Å². The van der Waals surface area contributed by atoms with E-state index in [-0.39, 0.29) is 5.97 Å². The summed E-state index contributed by atoms with van der Waals surface area (Å²) in [5.41, 5.74) is 1.63. The van der Waals surface area contributed by atoms with E-state index in [1.165, 1.54) is 7.11 Å². The molecule has 0 unspecified atom stereocenters. The monoisotopic (exact) mass is 251 g/mol. The lowest BCUT2D eigenvalue weighted by Gasteiger charge is -2.13. The molecule has 2 aromatic carbocycles. The first kappa shape index (κ1) is 11.7. The predicted molar refractivity (Wildman–Crippen MR) is 73.1 cm³/mol. The Kier molecular flexibility index (Phi) is 2.67. The second-order valence-electron chi connectivity index (χ2n) is 4.39. The zero-order chi connectivity index (χ0) is 13.3. The lowest BCUT2D eigenvalue weighted by atomic mass is 9.90. The first-order valence-corrected chi connectivity index (χ1v) is 6.09. The molecule has 94 valence electrons. The van der Waals surface area contributed by atoms with Gasteiger partial charge in [-0.1, -0.05) is 60.7 Å². The largest absolute Gasteiger partial charge is 0.467 e. The molecule has 0 N–H and O–H groups in total. The van der Waals surface area contributed by atoms with Crippen LogP contribution in [-0.2, 0) is 15.1 Å². The van der Waals surface area contributed by atoms with Crippen molar-refractivity contribution in [1.82, 2.24) is 0 Å². The van der Waals surface area contributed by atoms with Gasteiger partial charge in [-0.2, -0.15) is 0 Å². The van der Waals surface area contributed by atoms with Gasteiger partial charge in [-0.25, -0.2) is 4.79 Å². The molecular weight excluding hydrogens is 238 g/mol. The minimum absolute atomic E-state index is 0.336. The van der Waals surface area contributed by atoms with Crippen molar-refractivity contribution < 1.29 is 9.53 Å². The first-order valence-electron chi connectivity index (χ1n) is 6.09. The van der Waals surface area contributed by atoms with Crippen LogP contribution in [0.15, 0.2) is 65.7 Å². The summed E-state index contributed by atoms with van der Waals surface area (Å²) in [6.45, 7) is 0. The highest BCUT2D eigenvalue weighted by Crippen LogP contribution is 2.43. The number of esters is 1. The van der Waals surface area contributed by atoms with E-state index >= 15 is 0 Å². The number of hydrogen-bond acceptors (Lipinski definition) is 3. The highest BCUT2D eigenvalue weighted by atomic mass is 16.5. The Labute approximate surface area is 111 Å². The van der Waals surface area contributed by atoms with E-state index in [0.29, 0.717) is 0 Å². The molecule has 3 rings (SSSR count). The maximum absolute atomic E-state index is 12.1. The van der Waals surface area contributed by atoms with Gasteiger partial charge in [0.25, 0.3) is 0 Å². The lowest BCUT2D eigenvalue weighted by molar-refractivity contribution is -0.143. The number of rotatable bonds is 3. The van der Waals surface area contributed by atoms with Crippen molar-refractivity contribution in [3.8, 4) is 0 Å². The van der Waals surface area contributed by atoms with Gasteiger partial charge >= 0.3 is 5.97 Å². The Balaban J connectivity index is 2.03. The van der Waals surface area contributed by atoms with E-state index in [1.54, 1.807) is 0 Å². The minimum atomic E-state index is -0.947. The van der Waals surface area contributed by atoms with Crippen LogP contribution in [0.1, 0.15) is 11.1 Å². The zero-order valence-corrected chi connectivity index (χ0v) is 10.5. The second kappa shape index (κ2) is 4.35. The van der Waals surface area contributed by atoms with Gasteiger partial charge < -0.3 is 4.74 Å². The number of methoxy groups -OCH3 is 1. The van der Waals surface area contributed by atoms with Gasteiger partial charge in [0.1, 0.15) is 0 Å². The molecule has 0 aromatic heterocycles. The molecular formula is C16H13NO2. The average molecular weight is 251 g/mol. The number of ether oxygens (including phenoxy) is 1. The molecule has 1 atom stereocenters. The van der Waals surface area contributed by atoms with Crippen LogP contribution in [-0.4, -0.2) is 18.8 Å². The van der Waals surface area contributed by atoms with Crippen LogP contribution in [0.2, 0.25) is 0 Å². The van der Waals surface area contributed by atoms with Crippen molar-refractivity contribution >= 4 is 11.7 Å². The number of hydrogen-bond donors (Lipinski definition) is 0. The normalized spacial score (nSPS) is 20.6. The molecule has 0 fully saturated rings. The van der Waals surface area contributed by atoms with Crippen LogP contribution in [0.4, 0.5) is 0 Å². The molecule has 1 aliphatic heterocycles. The van der Waals surface area contributed by atoms with Gasteiger partial charge in [0.2, 0.25) is 5.54 Å². The lowest BCUT2D eigenvalue weighted by Crippen LogP contribution is -2.29. The van der Waals surface area contributed by atoms with Crippen LogP contribution in [0.5, 0.6) is 0 Å². The van der Waals surface area contributed by atoms with Crippen LogP contribution < -0.4 is 0 Å². The van der Waals surface area contributed by atoms with Gasteiger partial charge in [0, 0.05) is 0 Å². The number of carbonyl (C=O) groups excluding carboxylic acids is 1. The van der Waals surface area contributed by atoms with E-state index in [0.717, 1.165) is 16.8 Å². The third-order valence-electron chi connectivity index (χ3n) is 3.29. The number of benzene rings is 2. The van der Waals surface area contributed by atoms with Gasteiger partial charge in [0.15, 0.2) is 0 Å². The summed E-state index contributed by atoms with van der Waals surface area (Å²) in [4.78, 5) is 16.6. The molecule has 0 spiro atoms. The molecule has 0 aliphatic carbocycles. The van der Waals surface area contributed by atoms with Crippen molar-refractivity contribution in [2.75, 3.05) is 7.11 Å². The van der Waals surface area contributed by atoms with Crippen molar-refractivity contribution in [2.45, 2.75) is 5.54 Å². The predicted octanol–water partition coefficient (Wildman–Crippen LogP) is 2.56. The average Bonchev–Trinajstić information content (AvgIpc) is 3.25. The highest BCUT2D eigenvalue weighted by molar-refractivity contribution is 6.28. The summed E-state index contributed by atoms with van der Waals surface area (Å²) in [5.74, 6) is -0.336. The molecule has 0 saturated carbocycles. The Hall–Kier alpha value is -2.42. The quantitative estimate of drug-likeness (QED) is 0.786. The fourth-order valence-corrected chi connectivity index (χ4v) is 2.30.